The molecule has 1 aliphatic rings. The highest BCUT2D eigenvalue weighted by Gasteiger charge is 2.46. The topological polar surface area (TPSA) is 186 Å². The van der Waals surface area contributed by atoms with Crippen molar-refractivity contribution in [3.63, 3.8) is 0 Å². The zero-order valence-electron chi connectivity index (χ0n) is 38.0. The second-order valence-electron chi connectivity index (χ2n) is 16.8. The van der Waals surface area contributed by atoms with Crippen LogP contribution in [0, 0.1) is 0 Å². The third-order valence-electron chi connectivity index (χ3n) is 10.9. The maximum absolute atomic E-state index is 12.8. The first-order valence-electron chi connectivity index (χ1n) is 24.0. The van der Waals surface area contributed by atoms with Crippen LogP contribution in [0.4, 0.5) is 0 Å². The molecular formula is C48H86O12S. The fourth-order valence-corrected chi connectivity index (χ4v) is 7.86. The molecular weight excluding hydrogens is 801 g/mol. The summed E-state index contributed by atoms with van der Waals surface area (Å²) in [6.45, 7) is 3.73. The number of carbonyl (C=O) groups is 2. The van der Waals surface area contributed by atoms with Crippen molar-refractivity contribution in [3.8, 4) is 0 Å². The first-order chi connectivity index (χ1) is 29.5. The second-order valence-corrected chi connectivity index (χ2v) is 18.3. The third-order valence-corrected chi connectivity index (χ3v) is 11.7. The van der Waals surface area contributed by atoms with Crippen LogP contribution in [0.1, 0.15) is 200 Å². The van der Waals surface area contributed by atoms with Crippen molar-refractivity contribution in [1.29, 1.82) is 0 Å². The molecule has 0 radical (unpaired) electrons. The molecule has 0 saturated carbocycles. The van der Waals surface area contributed by atoms with E-state index in [1.54, 1.807) is 0 Å². The number of hydrogen-bond donors (Lipinski definition) is 4. The molecule has 0 aromatic heterocycles. The van der Waals surface area contributed by atoms with Crippen molar-refractivity contribution in [3.05, 3.63) is 36.5 Å². The molecule has 1 saturated heterocycles. The molecule has 0 aromatic rings. The van der Waals surface area contributed by atoms with Crippen LogP contribution in [0.3, 0.4) is 0 Å². The van der Waals surface area contributed by atoms with Crippen molar-refractivity contribution in [1.82, 2.24) is 0 Å². The molecule has 0 bridgehead atoms. The monoisotopic (exact) mass is 887 g/mol. The van der Waals surface area contributed by atoms with E-state index in [2.05, 4.69) is 50.3 Å². The molecule has 6 atom stereocenters. The van der Waals surface area contributed by atoms with Gasteiger partial charge in [-0.15, -0.1) is 0 Å². The lowest BCUT2D eigenvalue weighted by Gasteiger charge is -2.40. The highest BCUT2D eigenvalue weighted by molar-refractivity contribution is 7.85. The lowest BCUT2D eigenvalue weighted by atomic mass is 10.00. The molecule has 0 aliphatic carbocycles. The largest absolute Gasteiger partial charge is 0.462 e. The van der Waals surface area contributed by atoms with Crippen LogP contribution in [0.2, 0.25) is 0 Å². The van der Waals surface area contributed by atoms with Gasteiger partial charge in [0.15, 0.2) is 12.4 Å². The van der Waals surface area contributed by atoms with Crippen molar-refractivity contribution >= 4 is 22.1 Å². The number of hydrogen-bond acceptors (Lipinski definition) is 11. The Labute approximate surface area is 370 Å². The molecule has 0 aromatic carbocycles. The Balaban J connectivity index is 2.43. The summed E-state index contributed by atoms with van der Waals surface area (Å²) < 4.78 is 54.1. The summed E-state index contributed by atoms with van der Waals surface area (Å²) >= 11 is 0. The predicted octanol–water partition coefficient (Wildman–Crippen LogP) is 10.2. The molecule has 4 N–H and O–H groups in total. The molecule has 1 heterocycles. The van der Waals surface area contributed by atoms with Crippen LogP contribution in [0.5, 0.6) is 0 Å². The first-order valence-corrected chi connectivity index (χ1v) is 25.7. The smallest absolute Gasteiger partial charge is 0.306 e. The van der Waals surface area contributed by atoms with E-state index in [0.717, 1.165) is 83.5 Å². The lowest BCUT2D eigenvalue weighted by Crippen LogP contribution is -2.60. The number of carbonyl (C=O) groups excluding carboxylic acids is 2. The highest BCUT2D eigenvalue weighted by atomic mass is 32.2. The molecule has 0 amide bonds. The zero-order valence-corrected chi connectivity index (χ0v) is 38.8. The average molecular weight is 887 g/mol. The molecule has 12 nitrogen and oxygen atoms in total. The molecule has 1 rings (SSSR count). The van der Waals surface area contributed by atoms with E-state index < -0.39 is 71.2 Å². The van der Waals surface area contributed by atoms with Crippen molar-refractivity contribution in [2.75, 3.05) is 19.0 Å². The Morgan fingerprint density at radius 1 is 0.557 bits per heavy atom. The van der Waals surface area contributed by atoms with Gasteiger partial charge in [-0.25, -0.2) is 0 Å². The van der Waals surface area contributed by atoms with E-state index in [4.69, 9.17) is 18.9 Å². The van der Waals surface area contributed by atoms with E-state index in [1.807, 2.05) is 0 Å². The molecule has 356 valence electrons. The first kappa shape index (κ1) is 56.9. The average Bonchev–Trinajstić information content (AvgIpc) is 3.22. The summed E-state index contributed by atoms with van der Waals surface area (Å²) in [5.41, 5.74) is 0. The number of aliphatic hydroxyl groups excluding tert-OH is 3. The Morgan fingerprint density at radius 2 is 0.984 bits per heavy atom. The van der Waals surface area contributed by atoms with Gasteiger partial charge in [-0.2, -0.15) is 8.42 Å². The highest BCUT2D eigenvalue weighted by Crippen LogP contribution is 2.24. The summed E-state index contributed by atoms with van der Waals surface area (Å²) in [4.78, 5) is 25.4. The summed E-state index contributed by atoms with van der Waals surface area (Å²) in [7, 11) is -4.60. The lowest BCUT2D eigenvalue weighted by molar-refractivity contribution is -0.297. The van der Waals surface area contributed by atoms with Gasteiger partial charge < -0.3 is 34.3 Å². The van der Waals surface area contributed by atoms with Gasteiger partial charge >= 0.3 is 11.9 Å². The Morgan fingerprint density at radius 3 is 1.49 bits per heavy atom. The minimum atomic E-state index is -4.60. The van der Waals surface area contributed by atoms with Gasteiger partial charge in [0, 0.05) is 12.8 Å². The Hall–Kier alpha value is -2.13. The summed E-state index contributed by atoms with van der Waals surface area (Å²) in [6, 6.07) is 0. The maximum atomic E-state index is 12.8. The predicted molar refractivity (Wildman–Crippen MR) is 243 cm³/mol. The van der Waals surface area contributed by atoms with Crippen LogP contribution < -0.4 is 0 Å². The van der Waals surface area contributed by atoms with E-state index in [1.165, 1.54) is 77.0 Å². The molecule has 1 fully saturated rings. The molecule has 61 heavy (non-hydrogen) atoms. The van der Waals surface area contributed by atoms with Crippen molar-refractivity contribution < 1.29 is 56.8 Å². The van der Waals surface area contributed by atoms with Crippen LogP contribution in [0.15, 0.2) is 36.5 Å². The van der Waals surface area contributed by atoms with Gasteiger partial charge in [0.25, 0.3) is 10.1 Å². The summed E-state index contributed by atoms with van der Waals surface area (Å²) in [5.74, 6) is -2.00. The fourth-order valence-electron chi connectivity index (χ4n) is 7.17. The standard InChI is InChI=1S/C48H86O12S/c1-3-5-7-9-11-13-15-17-19-21-23-25-27-29-31-33-35-37-44(50)59-41(39-58-48-47(53)46(52)45(51)42(60-48)40-61(54,55)56)38-57-43(49)36-34-32-30-28-26-24-22-20-18-16-14-12-10-8-6-4-2/h11,13,17,19-20,22,41-42,45-48,51-53H,3-10,12,14-16,18,21,23-40H2,1-2H3,(H,54,55,56)/b13-11-,19-17-,22-20-. The SMILES string of the molecule is CCCCC/C=C\C/C=C\CCCCCCCCCC(=O)OC(COC(=O)CCCCCCC/C=C\CCCCCCCCC)COC1OC(CS(=O)(=O)O)C(O)C(O)C1O. The number of allylic oxidation sites excluding steroid dienone is 6. The zero-order chi connectivity index (χ0) is 44.8. The second kappa shape index (κ2) is 38.3. The Bertz CT molecular complexity index is 1270. The van der Waals surface area contributed by atoms with Gasteiger partial charge in [0.1, 0.15) is 36.8 Å². The minimum absolute atomic E-state index is 0.154. The summed E-state index contributed by atoms with van der Waals surface area (Å²) in [5, 5.41) is 30.9. The van der Waals surface area contributed by atoms with Crippen molar-refractivity contribution in [2.24, 2.45) is 0 Å². The molecule has 0 spiro atoms. The van der Waals surface area contributed by atoms with E-state index in [0.29, 0.717) is 12.8 Å². The van der Waals surface area contributed by atoms with Crippen LogP contribution >= 0.6 is 0 Å². The summed E-state index contributed by atoms with van der Waals surface area (Å²) in [6.07, 6.45) is 34.6. The minimum Gasteiger partial charge on any atom is -0.462 e. The quantitative estimate of drug-likeness (QED) is 0.0198. The van der Waals surface area contributed by atoms with Crippen LogP contribution in [0.25, 0.3) is 0 Å². The number of rotatable bonds is 40. The molecule has 13 heteroatoms. The van der Waals surface area contributed by atoms with Gasteiger partial charge in [-0.3, -0.25) is 14.1 Å². The van der Waals surface area contributed by atoms with Gasteiger partial charge in [-0.1, -0.05) is 153 Å². The van der Waals surface area contributed by atoms with Gasteiger partial charge in [0.05, 0.1) is 6.61 Å². The number of unbranched alkanes of at least 4 members (excludes halogenated alkanes) is 22. The van der Waals surface area contributed by atoms with E-state index >= 15 is 0 Å². The van der Waals surface area contributed by atoms with E-state index in [9.17, 15) is 37.9 Å². The van der Waals surface area contributed by atoms with Crippen molar-refractivity contribution in [2.45, 2.75) is 237 Å². The van der Waals surface area contributed by atoms with Gasteiger partial charge in [0.2, 0.25) is 0 Å². The van der Waals surface area contributed by atoms with Crippen LogP contribution in [-0.4, -0.2) is 96.0 Å². The third kappa shape index (κ3) is 33.1. The van der Waals surface area contributed by atoms with Crippen LogP contribution in [-0.2, 0) is 38.7 Å². The maximum Gasteiger partial charge on any atom is 0.306 e. The number of ether oxygens (including phenoxy) is 4. The molecule has 6 unspecified atom stereocenters. The number of esters is 2. The Kier molecular flexibility index (Phi) is 35.8. The van der Waals surface area contributed by atoms with E-state index in [-0.39, 0.29) is 19.4 Å². The number of aliphatic hydroxyl groups is 3. The normalized spacial score (nSPS) is 20.3. The molecule has 1 aliphatic heterocycles. The fraction of sp³-hybridized carbons (Fsp3) is 0.833. The van der Waals surface area contributed by atoms with Gasteiger partial charge in [-0.05, 0) is 70.6 Å².